The Kier molecular flexibility index (Phi) is 7.48. The summed E-state index contributed by atoms with van der Waals surface area (Å²) in [4.78, 5) is 1.54. The minimum absolute atomic E-state index is 0.112. The Morgan fingerprint density at radius 2 is 2.08 bits per heavy atom. The van der Waals surface area contributed by atoms with E-state index in [2.05, 4.69) is 15.8 Å². The topological polar surface area (TPSA) is 50.1 Å². The van der Waals surface area contributed by atoms with Crippen molar-refractivity contribution in [3.63, 3.8) is 0 Å². The maximum atomic E-state index is 13.6. The van der Waals surface area contributed by atoms with Gasteiger partial charge in [0.15, 0.2) is 5.11 Å². The van der Waals surface area contributed by atoms with Crippen molar-refractivity contribution in [2.24, 2.45) is 5.10 Å². The molecule has 132 valence electrons. The largest absolute Gasteiger partial charge is 0.370 e. The molecule has 1 aliphatic rings. The Bertz CT molecular complexity index is 591. The molecule has 0 bridgehead atoms. The molecule has 0 radical (unpaired) electrons. The lowest BCUT2D eigenvalue weighted by molar-refractivity contribution is -0.908. The first-order valence-corrected chi connectivity index (χ1v) is 8.42. The van der Waals surface area contributed by atoms with Gasteiger partial charge in [0.1, 0.15) is 24.7 Å². The minimum Gasteiger partial charge on any atom is -0.370 e. The molecule has 1 saturated heterocycles. The summed E-state index contributed by atoms with van der Waals surface area (Å²) < 4.78 is 32.1. The molecule has 0 saturated carbocycles. The number of morpholine rings is 1. The predicted molar refractivity (Wildman–Crippen MR) is 93.3 cm³/mol. The van der Waals surface area contributed by atoms with E-state index in [9.17, 15) is 8.78 Å². The molecule has 1 aliphatic heterocycles. The summed E-state index contributed by atoms with van der Waals surface area (Å²) in [6.07, 6.45) is 0.984. The molecule has 1 fully saturated rings. The average Bonchev–Trinajstić information content (AvgIpc) is 2.59. The zero-order valence-corrected chi connectivity index (χ0v) is 14.5. The summed E-state index contributed by atoms with van der Waals surface area (Å²) in [5.41, 5.74) is 3.10. The lowest BCUT2D eigenvalue weighted by atomic mass is 10.1. The van der Waals surface area contributed by atoms with Crippen LogP contribution in [-0.2, 0) is 4.74 Å². The normalized spacial score (nSPS) is 16.0. The maximum Gasteiger partial charge on any atom is 0.186 e. The summed E-state index contributed by atoms with van der Waals surface area (Å²) in [5.74, 6) is -1.03. The van der Waals surface area contributed by atoms with Gasteiger partial charge in [-0.3, -0.25) is 5.43 Å². The molecule has 0 spiro atoms. The number of rotatable bonds is 6. The molecule has 24 heavy (non-hydrogen) atoms. The zero-order valence-electron chi connectivity index (χ0n) is 13.7. The second kappa shape index (κ2) is 9.61. The van der Waals surface area contributed by atoms with Crippen molar-refractivity contribution in [3.8, 4) is 0 Å². The highest BCUT2D eigenvalue weighted by molar-refractivity contribution is 7.80. The van der Waals surface area contributed by atoms with Crippen LogP contribution >= 0.6 is 12.2 Å². The van der Waals surface area contributed by atoms with E-state index in [0.717, 1.165) is 64.0 Å². The lowest BCUT2D eigenvalue weighted by Gasteiger charge is -2.23. The zero-order chi connectivity index (χ0) is 17.4. The van der Waals surface area contributed by atoms with Crippen LogP contribution in [0.5, 0.6) is 0 Å². The molecule has 1 heterocycles. The number of nitrogens with one attached hydrogen (secondary N) is 3. The minimum atomic E-state index is -0.521. The van der Waals surface area contributed by atoms with E-state index >= 15 is 0 Å². The molecular formula is C16H23F2N4OS+. The Morgan fingerprint density at radius 1 is 1.33 bits per heavy atom. The Hall–Kier alpha value is -1.64. The van der Waals surface area contributed by atoms with Gasteiger partial charge in [-0.25, -0.2) is 8.78 Å². The van der Waals surface area contributed by atoms with Crippen LogP contribution in [0.25, 0.3) is 0 Å². The van der Waals surface area contributed by atoms with E-state index in [1.54, 1.807) is 6.92 Å². The molecule has 0 aliphatic carbocycles. The molecule has 0 atom stereocenters. The van der Waals surface area contributed by atoms with Crippen LogP contribution in [0.2, 0.25) is 0 Å². The van der Waals surface area contributed by atoms with Crippen LogP contribution in [0.15, 0.2) is 23.3 Å². The van der Waals surface area contributed by atoms with Crippen LogP contribution in [0, 0.1) is 11.6 Å². The van der Waals surface area contributed by atoms with E-state index in [-0.39, 0.29) is 5.56 Å². The van der Waals surface area contributed by atoms with Crippen molar-refractivity contribution in [3.05, 3.63) is 35.4 Å². The van der Waals surface area contributed by atoms with Crippen molar-refractivity contribution in [2.45, 2.75) is 13.3 Å². The molecular weight excluding hydrogens is 334 g/mol. The van der Waals surface area contributed by atoms with E-state index in [4.69, 9.17) is 17.0 Å². The Balaban J connectivity index is 1.70. The molecule has 5 nitrogen and oxygen atoms in total. The van der Waals surface area contributed by atoms with Crippen molar-refractivity contribution in [2.75, 3.05) is 39.4 Å². The number of benzene rings is 1. The standard InChI is InChI=1S/C16H22F2N4OS/c1-12(14-11-13(17)3-4-15(14)18)20-21-16(24)19-5-2-6-22-7-9-23-10-8-22/h3-4,11H,2,5-10H2,1H3,(H2,19,21,24)/p+1/b20-12-. The third-order valence-corrected chi connectivity index (χ3v) is 4.07. The van der Waals surface area contributed by atoms with Gasteiger partial charge in [0.05, 0.1) is 25.5 Å². The molecule has 8 heteroatoms. The number of halogens is 2. The number of nitrogens with zero attached hydrogens (tertiary/aromatic N) is 1. The van der Waals surface area contributed by atoms with Crippen molar-refractivity contribution < 1.29 is 18.4 Å². The molecule has 1 aromatic rings. The van der Waals surface area contributed by atoms with E-state index in [0.29, 0.717) is 10.8 Å². The first kappa shape index (κ1) is 18.7. The van der Waals surface area contributed by atoms with Gasteiger partial charge in [-0.2, -0.15) is 5.10 Å². The third kappa shape index (κ3) is 6.10. The van der Waals surface area contributed by atoms with Gasteiger partial charge in [-0.1, -0.05) is 0 Å². The van der Waals surface area contributed by atoms with Crippen LogP contribution < -0.4 is 15.6 Å². The van der Waals surface area contributed by atoms with Crippen LogP contribution in [0.3, 0.4) is 0 Å². The lowest BCUT2D eigenvalue weighted by Crippen LogP contribution is -3.14. The summed E-state index contributed by atoms with van der Waals surface area (Å²) in [7, 11) is 0. The third-order valence-electron chi connectivity index (χ3n) is 3.84. The molecule has 3 N–H and O–H groups in total. The highest BCUT2D eigenvalue weighted by atomic mass is 32.1. The fourth-order valence-electron chi connectivity index (χ4n) is 2.46. The van der Waals surface area contributed by atoms with Gasteiger partial charge in [0, 0.05) is 18.5 Å². The number of hydrazone groups is 1. The van der Waals surface area contributed by atoms with E-state index < -0.39 is 11.6 Å². The Morgan fingerprint density at radius 3 is 2.83 bits per heavy atom. The number of ether oxygens (including phenoxy) is 1. The second-order valence-corrected chi connectivity index (χ2v) is 6.06. The van der Waals surface area contributed by atoms with Gasteiger partial charge in [0.25, 0.3) is 0 Å². The van der Waals surface area contributed by atoms with Crippen LogP contribution in [-0.4, -0.2) is 50.2 Å². The first-order valence-electron chi connectivity index (χ1n) is 8.01. The van der Waals surface area contributed by atoms with Crippen molar-refractivity contribution in [1.29, 1.82) is 0 Å². The number of thiocarbonyl (C=S) groups is 1. The molecule has 0 aromatic heterocycles. The van der Waals surface area contributed by atoms with Crippen LogP contribution in [0.4, 0.5) is 8.78 Å². The number of quaternary nitrogens is 1. The highest BCUT2D eigenvalue weighted by Crippen LogP contribution is 2.10. The SMILES string of the molecule is C/C(=N/NC(=S)NCCC[NH+]1CCOCC1)c1cc(F)ccc1F. The Labute approximate surface area is 146 Å². The van der Waals surface area contributed by atoms with Crippen LogP contribution in [0.1, 0.15) is 18.9 Å². The fourth-order valence-corrected chi connectivity index (χ4v) is 2.61. The number of hydrogen-bond acceptors (Lipinski definition) is 3. The van der Waals surface area contributed by atoms with Gasteiger partial charge in [0.2, 0.25) is 0 Å². The van der Waals surface area contributed by atoms with Gasteiger partial charge in [-0.15, -0.1) is 0 Å². The quantitative estimate of drug-likeness (QED) is 0.300. The van der Waals surface area contributed by atoms with Crippen molar-refractivity contribution in [1.82, 2.24) is 10.7 Å². The van der Waals surface area contributed by atoms with E-state index in [1.807, 2.05) is 0 Å². The smallest absolute Gasteiger partial charge is 0.186 e. The summed E-state index contributed by atoms with van der Waals surface area (Å²) >= 11 is 5.13. The predicted octanol–water partition coefficient (Wildman–Crippen LogP) is 0.458. The van der Waals surface area contributed by atoms with Gasteiger partial charge >= 0.3 is 0 Å². The van der Waals surface area contributed by atoms with Gasteiger partial charge < -0.3 is 15.0 Å². The molecule has 1 aromatic carbocycles. The molecule has 0 amide bonds. The fraction of sp³-hybridized carbons (Fsp3) is 0.500. The monoisotopic (exact) mass is 357 g/mol. The van der Waals surface area contributed by atoms with Crippen molar-refractivity contribution >= 4 is 23.0 Å². The first-order chi connectivity index (χ1) is 11.6. The summed E-state index contributed by atoms with van der Waals surface area (Å²) in [6, 6.07) is 3.26. The van der Waals surface area contributed by atoms with Gasteiger partial charge in [-0.05, 0) is 37.3 Å². The molecule has 2 rings (SSSR count). The van der Waals surface area contributed by atoms with E-state index in [1.165, 1.54) is 4.90 Å². The maximum absolute atomic E-state index is 13.6. The molecule has 0 unspecified atom stereocenters. The summed E-state index contributed by atoms with van der Waals surface area (Å²) in [6.45, 7) is 7.14. The highest BCUT2D eigenvalue weighted by Gasteiger charge is 2.12. The average molecular weight is 357 g/mol. The second-order valence-electron chi connectivity index (χ2n) is 5.66. The number of hydrogen-bond donors (Lipinski definition) is 3. The summed E-state index contributed by atoms with van der Waals surface area (Å²) in [5, 5.41) is 7.42.